The van der Waals surface area contributed by atoms with Crippen molar-refractivity contribution in [2.24, 2.45) is 0 Å². The fraction of sp³-hybridized carbons (Fsp3) is 0.308. The molecule has 1 aromatic carbocycles. The number of carbonyl (C=O) groups excluding carboxylic acids is 1. The monoisotopic (exact) mass is 331 g/mol. The maximum atomic E-state index is 12.2. The number of nitrogens with zero attached hydrogens (tertiary/aromatic N) is 2. The summed E-state index contributed by atoms with van der Waals surface area (Å²) in [6.45, 7) is 3.72. The number of hydrogen-bond acceptors (Lipinski definition) is 3. The molecule has 106 valence electrons. The molecule has 2 rings (SSSR count). The summed E-state index contributed by atoms with van der Waals surface area (Å²) >= 11 is 17.4. The number of amides is 1. The number of hydrogen-bond donors (Lipinski definition) is 1. The molecule has 0 saturated heterocycles. The van der Waals surface area contributed by atoms with Crippen LogP contribution in [0.25, 0.3) is 10.9 Å². The van der Waals surface area contributed by atoms with Crippen LogP contribution in [0.3, 0.4) is 0 Å². The third-order valence-electron chi connectivity index (χ3n) is 2.49. The molecule has 1 aromatic heterocycles. The summed E-state index contributed by atoms with van der Waals surface area (Å²) in [4.78, 5) is 20.5. The second kappa shape index (κ2) is 5.72. The van der Waals surface area contributed by atoms with Crippen LogP contribution in [-0.2, 0) is 3.79 Å². The van der Waals surface area contributed by atoms with Gasteiger partial charge in [0.15, 0.2) is 5.82 Å². The first kappa shape index (κ1) is 15.3. The molecule has 0 bridgehead atoms. The first-order valence-corrected chi connectivity index (χ1v) is 7.07. The van der Waals surface area contributed by atoms with Gasteiger partial charge in [-0.15, -0.1) is 0 Å². The molecular weight excluding hydrogens is 321 g/mol. The lowest BCUT2D eigenvalue weighted by Crippen LogP contribution is -2.31. The lowest BCUT2D eigenvalue weighted by atomic mass is 10.1. The molecule has 1 heterocycles. The van der Waals surface area contributed by atoms with E-state index < -0.39 is 3.79 Å². The van der Waals surface area contributed by atoms with E-state index >= 15 is 0 Å². The highest BCUT2D eigenvalue weighted by Gasteiger charge is 2.29. The molecule has 0 aliphatic rings. The molecule has 20 heavy (non-hydrogen) atoms. The van der Waals surface area contributed by atoms with Gasteiger partial charge < -0.3 is 5.32 Å². The van der Waals surface area contributed by atoms with Crippen LogP contribution in [0.2, 0.25) is 0 Å². The van der Waals surface area contributed by atoms with Crippen LogP contribution in [0.15, 0.2) is 24.3 Å². The first-order chi connectivity index (χ1) is 9.29. The van der Waals surface area contributed by atoms with E-state index in [0.717, 1.165) is 0 Å². The van der Waals surface area contributed by atoms with Crippen molar-refractivity contribution < 1.29 is 4.79 Å². The highest BCUT2D eigenvalue weighted by Crippen LogP contribution is 2.36. The second-order valence-corrected chi connectivity index (χ2v) is 6.82. The molecule has 0 aliphatic carbocycles. The molecule has 2 aromatic rings. The standard InChI is InChI=1S/C13H12Cl3N3O/c1-7(2)17-11(20)10-8-5-3-4-6-9(8)18-12(19-10)13(14,15)16/h3-7H,1-2H3,(H,17,20). The van der Waals surface area contributed by atoms with Crippen molar-refractivity contribution in [3.63, 3.8) is 0 Å². The van der Waals surface area contributed by atoms with Gasteiger partial charge in [-0.2, -0.15) is 0 Å². The Morgan fingerprint density at radius 3 is 2.45 bits per heavy atom. The molecule has 0 unspecified atom stereocenters. The Balaban J connectivity index is 2.64. The van der Waals surface area contributed by atoms with Gasteiger partial charge in [-0.25, -0.2) is 9.97 Å². The minimum atomic E-state index is -1.78. The number of fused-ring (bicyclic) bond motifs is 1. The summed E-state index contributed by atoms with van der Waals surface area (Å²) in [7, 11) is 0. The van der Waals surface area contributed by atoms with Gasteiger partial charge in [-0.05, 0) is 19.9 Å². The molecular formula is C13H12Cl3N3O. The van der Waals surface area contributed by atoms with Crippen molar-refractivity contribution in [2.75, 3.05) is 0 Å². The van der Waals surface area contributed by atoms with Crippen LogP contribution in [0, 0.1) is 0 Å². The maximum Gasteiger partial charge on any atom is 0.270 e. The molecule has 0 spiro atoms. The lowest BCUT2D eigenvalue weighted by molar-refractivity contribution is 0.0939. The summed E-state index contributed by atoms with van der Waals surface area (Å²) in [6.07, 6.45) is 0. The highest BCUT2D eigenvalue weighted by molar-refractivity contribution is 6.66. The number of para-hydroxylation sites is 1. The van der Waals surface area contributed by atoms with Crippen molar-refractivity contribution >= 4 is 51.6 Å². The average Bonchev–Trinajstić information content (AvgIpc) is 2.35. The van der Waals surface area contributed by atoms with E-state index in [4.69, 9.17) is 34.8 Å². The summed E-state index contributed by atoms with van der Waals surface area (Å²) in [5.41, 5.74) is 0.753. The van der Waals surface area contributed by atoms with E-state index in [-0.39, 0.29) is 23.5 Å². The number of benzene rings is 1. The fourth-order valence-corrected chi connectivity index (χ4v) is 1.96. The molecule has 7 heteroatoms. The van der Waals surface area contributed by atoms with Gasteiger partial charge >= 0.3 is 0 Å². The topological polar surface area (TPSA) is 54.9 Å². The quantitative estimate of drug-likeness (QED) is 0.855. The highest BCUT2D eigenvalue weighted by atomic mass is 35.6. The molecule has 0 atom stereocenters. The SMILES string of the molecule is CC(C)NC(=O)c1nc(C(Cl)(Cl)Cl)nc2ccccc12. The first-order valence-electron chi connectivity index (χ1n) is 5.94. The fourth-order valence-electron chi connectivity index (χ4n) is 1.71. The molecule has 0 radical (unpaired) electrons. The number of carbonyl (C=O) groups is 1. The molecule has 4 nitrogen and oxygen atoms in total. The van der Waals surface area contributed by atoms with Crippen LogP contribution in [0.4, 0.5) is 0 Å². The molecule has 0 saturated carbocycles. The van der Waals surface area contributed by atoms with E-state index in [9.17, 15) is 4.79 Å². The Labute approximate surface area is 131 Å². The lowest BCUT2D eigenvalue weighted by Gasteiger charge is -2.14. The van der Waals surface area contributed by atoms with Crippen molar-refractivity contribution in [1.82, 2.24) is 15.3 Å². The molecule has 0 aliphatic heterocycles. The van der Waals surface area contributed by atoms with Gasteiger partial charge in [0.05, 0.1) is 5.52 Å². The molecule has 1 N–H and O–H groups in total. The largest absolute Gasteiger partial charge is 0.349 e. The third kappa shape index (κ3) is 3.32. The van der Waals surface area contributed by atoms with Crippen molar-refractivity contribution in [2.45, 2.75) is 23.7 Å². The minimum absolute atomic E-state index is 0.0184. The zero-order valence-electron chi connectivity index (χ0n) is 10.8. The van der Waals surface area contributed by atoms with Gasteiger partial charge in [0.25, 0.3) is 5.91 Å². The Morgan fingerprint density at radius 2 is 1.85 bits per heavy atom. The predicted octanol–water partition coefficient (Wildman–Crippen LogP) is 3.59. The van der Waals surface area contributed by atoms with E-state index in [1.165, 1.54) is 0 Å². The van der Waals surface area contributed by atoms with E-state index in [0.29, 0.717) is 10.9 Å². The van der Waals surface area contributed by atoms with Crippen LogP contribution < -0.4 is 5.32 Å². The summed E-state index contributed by atoms with van der Waals surface area (Å²) in [6, 6.07) is 7.07. The van der Waals surface area contributed by atoms with Crippen molar-refractivity contribution in [3.05, 3.63) is 35.8 Å². The van der Waals surface area contributed by atoms with Gasteiger partial charge in [-0.1, -0.05) is 53.0 Å². The zero-order chi connectivity index (χ0) is 14.9. The van der Waals surface area contributed by atoms with Gasteiger partial charge in [0.1, 0.15) is 5.69 Å². The number of aromatic nitrogens is 2. The number of rotatable bonds is 2. The summed E-state index contributed by atoms with van der Waals surface area (Å²) in [5, 5.41) is 3.39. The van der Waals surface area contributed by atoms with E-state index in [1.807, 2.05) is 13.8 Å². The van der Waals surface area contributed by atoms with Gasteiger partial charge in [-0.3, -0.25) is 4.79 Å². The van der Waals surface area contributed by atoms with Crippen LogP contribution in [0.1, 0.15) is 30.2 Å². The van der Waals surface area contributed by atoms with Crippen molar-refractivity contribution in [3.8, 4) is 0 Å². The summed E-state index contributed by atoms with van der Waals surface area (Å²) in [5.74, 6) is -0.343. The maximum absolute atomic E-state index is 12.2. The van der Waals surface area contributed by atoms with Crippen LogP contribution >= 0.6 is 34.8 Å². The number of nitrogens with one attached hydrogen (secondary N) is 1. The Morgan fingerprint density at radius 1 is 1.20 bits per heavy atom. The normalized spacial score (nSPS) is 11.9. The Kier molecular flexibility index (Phi) is 4.37. The second-order valence-electron chi connectivity index (χ2n) is 4.54. The predicted molar refractivity (Wildman–Crippen MR) is 81.4 cm³/mol. The zero-order valence-corrected chi connectivity index (χ0v) is 13.1. The van der Waals surface area contributed by atoms with E-state index in [1.54, 1.807) is 24.3 Å². The third-order valence-corrected chi connectivity index (χ3v) is 3.00. The van der Waals surface area contributed by atoms with Gasteiger partial charge in [0, 0.05) is 11.4 Å². The van der Waals surface area contributed by atoms with E-state index in [2.05, 4.69) is 15.3 Å². The number of halogens is 3. The average molecular weight is 333 g/mol. The van der Waals surface area contributed by atoms with Crippen molar-refractivity contribution in [1.29, 1.82) is 0 Å². The summed E-state index contributed by atoms with van der Waals surface area (Å²) < 4.78 is -1.78. The molecule has 1 amide bonds. The van der Waals surface area contributed by atoms with Crippen LogP contribution in [0.5, 0.6) is 0 Å². The Bertz CT molecular complexity index is 653. The number of alkyl halides is 3. The smallest absolute Gasteiger partial charge is 0.270 e. The van der Waals surface area contributed by atoms with Gasteiger partial charge in [0.2, 0.25) is 3.79 Å². The minimum Gasteiger partial charge on any atom is -0.349 e. The molecule has 0 fully saturated rings. The Hall–Kier alpha value is -1.10. The van der Waals surface area contributed by atoms with Crippen LogP contribution in [-0.4, -0.2) is 21.9 Å².